The molecule has 0 saturated heterocycles. The lowest BCUT2D eigenvalue weighted by atomic mass is 10.1. The Kier molecular flexibility index (Phi) is 5.89. The summed E-state index contributed by atoms with van der Waals surface area (Å²) in [6, 6.07) is 9.66. The predicted octanol–water partition coefficient (Wildman–Crippen LogP) is 1.35. The van der Waals surface area contributed by atoms with Gasteiger partial charge in [0, 0.05) is 6.08 Å². The molecule has 0 aromatic heterocycles. The van der Waals surface area contributed by atoms with Crippen LogP contribution < -0.4 is 0 Å². The Morgan fingerprint density at radius 2 is 2.05 bits per heavy atom. The van der Waals surface area contributed by atoms with E-state index in [0.29, 0.717) is 6.61 Å². The summed E-state index contributed by atoms with van der Waals surface area (Å²) in [4.78, 5) is 11.4. The number of hydrogen-bond acceptors (Lipinski definition) is 5. The number of rotatable bonds is 6. The Morgan fingerprint density at radius 3 is 2.73 bits per heavy atom. The fraction of sp³-hybridized carbons (Fsp3) is 0.353. The molecule has 0 spiro atoms. The zero-order valence-corrected chi connectivity index (χ0v) is 12.3. The lowest BCUT2D eigenvalue weighted by molar-refractivity contribution is -0.148. The third-order valence-corrected chi connectivity index (χ3v) is 3.28. The van der Waals surface area contributed by atoms with Crippen molar-refractivity contribution in [3.63, 3.8) is 0 Å². The van der Waals surface area contributed by atoms with Crippen LogP contribution in [0.5, 0.6) is 0 Å². The Labute approximate surface area is 129 Å². The highest BCUT2D eigenvalue weighted by Gasteiger charge is 2.25. The van der Waals surface area contributed by atoms with Gasteiger partial charge in [0.05, 0.1) is 18.8 Å². The molecule has 0 aliphatic carbocycles. The molecule has 0 saturated carbocycles. The maximum absolute atomic E-state index is 11.4. The van der Waals surface area contributed by atoms with Crippen molar-refractivity contribution in [2.45, 2.75) is 37.9 Å². The Balaban J connectivity index is 1.99. The van der Waals surface area contributed by atoms with E-state index >= 15 is 0 Å². The van der Waals surface area contributed by atoms with Crippen molar-refractivity contribution in [2.75, 3.05) is 0 Å². The highest BCUT2D eigenvalue weighted by Crippen LogP contribution is 2.16. The van der Waals surface area contributed by atoms with Crippen LogP contribution in [0.25, 0.3) is 0 Å². The Bertz CT molecular complexity index is 535. The maximum Gasteiger partial charge on any atom is 0.331 e. The van der Waals surface area contributed by atoms with Crippen LogP contribution in [0.3, 0.4) is 0 Å². The van der Waals surface area contributed by atoms with Crippen molar-refractivity contribution in [1.82, 2.24) is 0 Å². The van der Waals surface area contributed by atoms with Crippen LogP contribution >= 0.6 is 0 Å². The fourth-order valence-electron chi connectivity index (χ4n) is 1.97. The molecule has 2 rings (SSSR count). The van der Waals surface area contributed by atoms with Crippen molar-refractivity contribution < 1.29 is 24.5 Å². The van der Waals surface area contributed by atoms with Gasteiger partial charge in [-0.25, -0.2) is 4.79 Å². The quantitative estimate of drug-likeness (QED) is 0.613. The molecular formula is C17H20O5. The van der Waals surface area contributed by atoms with Crippen LogP contribution in [-0.4, -0.2) is 40.6 Å². The molecule has 1 aliphatic rings. The number of aliphatic hydroxyl groups is 2. The number of benzene rings is 1. The van der Waals surface area contributed by atoms with E-state index in [1.54, 1.807) is 6.08 Å². The number of esters is 1. The molecule has 0 radical (unpaired) electrons. The summed E-state index contributed by atoms with van der Waals surface area (Å²) >= 11 is 0. The van der Waals surface area contributed by atoms with Crippen LogP contribution in [0.4, 0.5) is 0 Å². The van der Waals surface area contributed by atoms with Crippen LogP contribution in [0.15, 0.2) is 54.6 Å². The van der Waals surface area contributed by atoms with E-state index in [4.69, 9.17) is 9.47 Å². The molecule has 0 bridgehead atoms. The van der Waals surface area contributed by atoms with E-state index in [1.807, 2.05) is 30.3 Å². The summed E-state index contributed by atoms with van der Waals surface area (Å²) in [6.45, 7) is 1.86. The molecule has 5 heteroatoms. The highest BCUT2D eigenvalue weighted by molar-refractivity contribution is 5.83. The van der Waals surface area contributed by atoms with Gasteiger partial charge in [0.1, 0.15) is 6.10 Å². The van der Waals surface area contributed by atoms with Gasteiger partial charge >= 0.3 is 5.97 Å². The SMILES string of the molecule is C[C@H](O)[C@@H](O)/C=C/[C@@H]1OC(=O)C=C[C@@H]1OCc1ccccc1. The molecule has 1 aromatic rings. The van der Waals surface area contributed by atoms with E-state index in [1.165, 1.54) is 25.2 Å². The van der Waals surface area contributed by atoms with Gasteiger partial charge in [-0.05, 0) is 24.6 Å². The molecule has 22 heavy (non-hydrogen) atoms. The first kappa shape index (κ1) is 16.4. The third-order valence-electron chi connectivity index (χ3n) is 3.28. The minimum Gasteiger partial charge on any atom is -0.452 e. The normalized spacial score (nSPS) is 24.2. The van der Waals surface area contributed by atoms with Crippen LogP contribution in [0.1, 0.15) is 12.5 Å². The molecule has 1 heterocycles. The lowest BCUT2D eigenvalue weighted by Gasteiger charge is -2.25. The van der Waals surface area contributed by atoms with E-state index in [9.17, 15) is 15.0 Å². The number of cyclic esters (lactones) is 1. The van der Waals surface area contributed by atoms with E-state index < -0.39 is 30.4 Å². The minimum atomic E-state index is -1.01. The van der Waals surface area contributed by atoms with Gasteiger partial charge in [0.15, 0.2) is 6.10 Å². The van der Waals surface area contributed by atoms with Gasteiger partial charge < -0.3 is 19.7 Å². The van der Waals surface area contributed by atoms with Crippen LogP contribution in [-0.2, 0) is 20.9 Å². The minimum absolute atomic E-state index is 0.386. The highest BCUT2D eigenvalue weighted by atomic mass is 16.6. The average Bonchev–Trinajstić information content (AvgIpc) is 2.52. The second kappa shape index (κ2) is 7.89. The first-order chi connectivity index (χ1) is 10.6. The number of hydrogen-bond donors (Lipinski definition) is 2. The van der Waals surface area contributed by atoms with Crippen molar-refractivity contribution in [3.8, 4) is 0 Å². The van der Waals surface area contributed by atoms with Gasteiger partial charge in [0.25, 0.3) is 0 Å². The summed E-state index contributed by atoms with van der Waals surface area (Å²) in [7, 11) is 0. The molecular weight excluding hydrogens is 284 g/mol. The van der Waals surface area contributed by atoms with Gasteiger partial charge in [-0.2, -0.15) is 0 Å². The van der Waals surface area contributed by atoms with Gasteiger partial charge in [-0.3, -0.25) is 0 Å². The lowest BCUT2D eigenvalue weighted by Crippen LogP contribution is -2.34. The smallest absolute Gasteiger partial charge is 0.331 e. The molecule has 1 aromatic carbocycles. The van der Waals surface area contributed by atoms with Crippen molar-refractivity contribution in [3.05, 3.63) is 60.2 Å². The second-order valence-electron chi connectivity index (χ2n) is 5.14. The largest absolute Gasteiger partial charge is 0.452 e. The molecule has 2 N–H and O–H groups in total. The number of carbonyl (C=O) groups is 1. The maximum atomic E-state index is 11.4. The molecule has 118 valence electrons. The van der Waals surface area contributed by atoms with Crippen molar-refractivity contribution in [1.29, 1.82) is 0 Å². The monoisotopic (exact) mass is 304 g/mol. The molecule has 1 aliphatic heterocycles. The third kappa shape index (κ3) is 4.80. The number of carbonyl (C=O) groups excluding carboxylic acids is 1. The Hall–Kier alpha value is -1.95. The number of ether oxygens (including phenoxy) is 2. The first-order valence-corrected chi connectivity index (χ1v) is 7.15. The summed E-state index contributed by atoms with van der Waals surface area (Å²) < 4.78 is 11.0. The summed E-state index contributed by atoms with van der Waals surface area (Å²) in [5.41, 5.74) is 1.01. The fourth-order valence-corrected chi connectivity index (χ4v) is 1.97. The van der Waals surface area contributed by atoms with Crippen LogP contribution in [0, 0.1) is 0 Å². The van der Waals surface area contributed by atoms with Gasteiger partial charge in [-0.15, -0.1) is 0 Å². The Morgan fingerprint density at radius 1 is 1.32 bits per heavy atom. The second-order valence-corrected chi connectivity index (χ2v) is 5.14. The van der Waals surface area contributed by atoms with Crippen LogP contribution in [0.2, 0.25) is 0 Å². The topological polar surface area (TPSA) is 76.0 Å². The molecule has 0 amide bonds. The summed E-state index contributed by atoms with van der Waals surface area (Å²) in [5, 5.41) is 18.8. The zero-order chi connectivity index (χ0) is 15.9. The molecule has 4 atom stereocenters. The summed E-state index contributed by atoms with van der Waals surface area (Å²) in [5.74, 6) is -0.458. The standard InChI is InChI=1S/C17H20O5/c1-12(18)14(19)7-8-16-15(9-10-17(20)22-16)21-11-13-5-3-2-4-6-13/h2-10,12,14-16,18-19H,11H2,1H3/b8-7+/t12-,14-,15-,16-/m0/s1. The number of aliphatic hydroxyl groups excluding tert-OH is 2. The molecule has 5 nitrogen and oxygen atoms in total. The summed E-state index contributed by atoms with van der Waals surface area (Å²) in [6.07, 6.45) is 2.93. The van der Waals surface area contributed by atoms with Gasteiger partial charge in [-0.1, -0.05) is 36.4 Å². The van der Waals surface area contributed by atoms with Crippen molar-refractivity contribution in [2.24, 2.45) is 0 Å². The average molecular weight is 304 g/mol. The first-order valence-electron chi connectivity index (χ1n) is 7.15. The van der Waals surface area contributed by atoms with Crippen molar-refractivity contribution >= 4 is 5.97 Å². The van der Waals surface area contributed by atoms with E-state index in [2.05, 4.69) is 0 Å². The predicted molar refractivity (Wildman–Crippen MR) is 80.9 cm³/mol. The van der Waals surface area contributed by atoms with E-state index in [-0.39, 0.29) is 0 Å². The van der Waals surface area contributed by atoms with E-state index in [0.717, 1.165) is 5.56 Å². The zero-order valence-electron chi connectivity index (χ0n) is 12.3. The molecule has 0 unspecified atom stereocenters. The van der Waals surface area contributed by atoms with Gasteiger partial charge in [0.2, 0.25) is 0 Å². The molecule has 0 fully saturated rings.